The van der Waals surface area contributed by atoms with Crippen molar-refractivity contribution < 1.29 is 18.3 Å². The molecule has 0 bridgehead atoms. The van der Waals surface area contributed by atoms with Gasteiger partial charge in [-0.05, 0) is 40.5 Å². The molecule has 0 aromatic heterocycles. The van der Waals surface area contributed by atoms with E-state index in [0.29, 0.717) is 11.0 Å². The maximum absolute atomic E-state index is 12.0. The van der Waals surface area contributed by atoms with E-state index in [-0.39, 0.29) is 11.3 Å². The predicted octanol–water partition coefficient (Wildman–Crippen LogP) is 2.54. The second-order valence-corrected chi connectivity index (χ2v) is 6.91. The van der Waals surface area contributed by atoms with E-state index >= 15 is 0 Å². The molecular formula is C12H17BrN2O4S. The van der Waals surface area contributed by atoms with Gasteiger partial charge in [-0.2, -0.15) is 12.7 Å². The molecule has 0 aliphatic carbocycles. The summed E-state index contributed by atoms with van der Waals surface area (Å²) in [5.41, 5.74) is 0.218. The number of rotatable bonds is 7. The molecule has 0 amide bonds. The monoisotopic (exact) mass is 364 g/mol. The third-order valence-electron chi connectivity index (χ3n) is 2.68. The molecule has 112 valence electrons. The molecular weight excluding hydrogens is 348 g/mol. The fourth-order valence-corrected chi connectivity index (χ4v) is 2.85. The van der Waals surface area contributed by atoms with E-state index in [2.05, 4.69) is 20.7 Å². The van der Waals surface area contributed by atoms with E-state index < -0.39 is 16.2 Å². The zero-order valence-corrected chi connectivity index (χ0v) is 13.7. The smallest absolute Gasteiger partial charge is 0.336 e. The maximum Gasteiger partial charge on any atom is 0.336 e. The number of anilines is 1. The van der Waals surface area contributed by atoms with Gasteiger partial charge in [0.1, 0.15) is 0 Å². The molecule has 0 atom stereocenters. The molecule has 0 saturated carbocycles. The number of hydrogen-bond acceptors (Lipinski definition) is 3. The van der Waals surface area contributed by atoms with Crippen molar-refractivity contribution in [2.75, 3.05) is 18.3 Å². The van der Waals surface area contributed by atoms with Crippen molar-refractivity contribution in [1.29, 1.82) is 0 Å². The Kier molecular flexibility index (Phi) is 5.97. The molecule has 8 heteroatoms. The van der Waals surface area contributed by atoms with Crippen LogP contribution in [-0.4, -0.2) is 37.4 Å². The van der Waals surface area contributed by atoms with Gasteiger partial charge >= 0.3 is 16.2 Å². The van der Waals surface area contributed by atoms with Crippen LogP contribution in [0.4, 0.5) is 5.69 Å². The number of carboxylic acid groups (broad SMARTS) is 1. The molecule has 0 radical (unpaired) electrons. The minimum atomic E-state index is -3.67. The van der Waals surface area contributed by atoms with Gasteiger partial charge < -0.3 is 5.11 Å². The highest BCUT2D eigenvalue weighted by molar-refractivity contribution is 9.10. The Morgan fingerprint density at radius 2 is 2.10 bits per heavy atom. The Bertz CT molecular complexity index is 589. The van der Waals surface area contributed by atoms with Crippen LogP contribution in [0.5, 0.6) is 0 Å². The van der Waals surface area contributed by atoms with Crippen LogP contribution in [-0.2, 0) is 10.2 Å². The van der Waals surface area contributed by atoms with Crippen LogP contribution >= 0.6 is 15.9 Å². The number of nitrogens with zero attached hydrogens (tertiary/aromatic N) is 1. The number of halogens is 1. The predicted molar refractivity (Wildman–Crippen MR) is 81.2 cm³/mol. The Labute approximate surface area is 127 Å². The average Bonchev–Trinajstić information content (AvgIpc) is 2.37. The molecule has 1 aromatic carbocycles. The molecule has 20 heavy (non-hydrogen) atoms. The first-order valence-electron chi connectivity index (χ1n) is 6.05. The SMILES string of the molecule is CCCCN(C)S(=O)(=O)Nc1ccc(Br)c(C(=O)O)c1. The standard InChI is InChI=1S/C12H17BrN2O4S/c1-3-4-7-15(2)20(18,19)14-9-5-6-11(13)10(8-9)12(16)17/h5-6,8,14H,3-4,7H2,1-2H3,(H,16,17). The minimum Gasteiger partial charge on any atom is -0.478 e. The molecule has 0 unspecified atom stereocenters. The highest BCUT2D eigenvalue weighted by atomic mass is 79.9. The van der Waals surface area contributed by atoms with Crippen LogP contribution in [0, 0.1) is 0 Å². The van der Waals surface area contributed by atoms with Gasteiger partial charge in [-0.25, -0.2) is 4.79 Å². The van der Waals surface area contributed by atoms with Gasteiger partial charge in [0.05, 0.1) is 11.3 Å². The van der Waals surface area contributed by atoms with Crippen LogP contribution in [0.2, 0.25) is 0 Å². The Morgan fingerprint density at radius 3 is 2.65 bits per heavy atom. The quantitative estimate of drug-likeness (QED) is 0.778. The zero-order chi connectivity index (χ0) is 15.3. The van der Waals surface area contributed by atoms with E-state index in [4.69, 9.17) is 5.11 Å². The second-order valence-electron chi connectivity index (χ2n) is 4.28. The van der Waals surface area contributed by atoms with E-state index in [1.807, 2.05) is 6.92 Å². The van der Waals surface area contributed by atoms with Crippen LogP contribution in [0.25, 0.3) is 0 Å². The van der Waals surface area contributed by atoms with Gasteiger partial charge in [-0.15, -0.1) is 0 Å². The third-order valence-corrected chi connectivity index (χ3v) is 4.87. The fourth-order valence-electron chi connectivity index (χ4n) is 1.48. The summed E-state index contributed by atoms with van der Waals surface area (Å²) in [5, 5.41) is 9.00. The lowest BCUT2D eigenvalue weighted by Crippen LogP contribution is -2.33. The van der Waals surface area contributed by atoms with E-state index in [1.54, 1.807) is 0 Å². The molecule has 0 aliphatic rings. The van der Waals surface area contributed by atoms with Crippen LogP contribution < -0.4 is 4.72 Å². The second kappa shape index (κ2) is 7.05. The highest BCUT2D eigenvalue weighted by Gasteiger charge is 2.18. The number of aromatic carboxylic acids is 1. The van der Waals surface area contributed by atoms with Gasteiger partial charge in [-0.1, -0.05) is 13.3 Å². The summed E-state index contributed by atoms with van der Waals surface area (Å²) in [4.78, 5) is 11.0. The Hall–Kier alpha value is -1.12. The lowest BCUT2D eigenvalue weighted by atomic mass is 10.2. The van der Waals surface area contributed by atoms with Crippen LogP contribution in [0.1, 0.15) is 30.1 Å². The largest absolute Gasteiger partial charge is 0.478 e. The van der Waals surface area contributed by atoms with E-state index in [9.17, 15) is 13.2 Å². The van der Waals surface area contributed by atoms with Crippen molar-refractivity contribution >= 4 is 37.8 Å². The lowest BCUT2D eigenvalue weighted by molar-refractivity contribution is 0.0696. The summed E-state index contributed by atoms with van der Waals surface area (Å²) in [5.74, 6) is -1.13. The molecule has 0 saturated heterocycles. The van der Waals surface area contributed by atoms with Gasteiger partial charge in [0, 0.05) is 18.1 Å². The van der Waals surface area contributed by atoms with Crippen molar-refractivity contribution in [2.24, 2.45) is 0 Å². The molecule has 1 rings (SSSR count). The summed E-state index contributed by atoms with van der Waals surface area (Å²) in [7, 11) is -2.18. The summed E-state index contributed by atoms with van der Waals surface area (Å²) < 4.78 is 28.0. The first kappa shape index (κ1) is 16.9. The number of carboxylic acids is 1. The number of hydrogen-bond donors (Lipinski definition) is 2. The van der Waals surface area contributed by atoms with Crippen molar-refractivity contribution in [1.82, 2.24) is 4.31 Å². The number of carbonyl (C=O) groups is 1. The summed E-state index contributed by atoms with van der Waals surface area (Å²) >= 11 is 3.11. The van der Waals surface area contributed by atoms with Gasteiger partial charge in [0.25, 0.3) is 0 Å². The van der Waals surface area contributed by atoms with Crippen molar-refractivity contribution in [3.05, 3.63) is 28.2 Å². The Balaban J connectivity index is 2.92. The van der Waals surface area contributed by atoms with E-state index in [1.165, 1.54) is 29.6 Å². The van der Waals surface area contributed by atoms with E-state index in [0.717, 1.165) is 12.8 Å². The van der Waals surface area contributed by atoms with Crippen molar-refractivity contribution in [3.63, 3.8) is 0 Å². The number of nitrogens with one attached hydrogen (secondary N) is 1. The van der Waals surface area contributed by atoms with Crippen molar-refractivity contribution in [3.8, 4) is 0 Å². The topological polar surface area (TPSA) is 86.7 Å². The summed E-state index contributed by atoms with van der Waals surface area (Å²) in [6.45, 7) is 2.38. The molecule has 6 nitrogen and oxygen atoms in total. The van der Waals surface area contributed by atoms with Crippen molar-refractivity contribution in [2.45, 2.75) is 19.8 Å². The normalized spacial score (nSPS) is 11.6. The molecule has 0 aliphatic heterocycles. The molecule has 0 heterocycles. The maximum atomic E-state index is 12.0. The van der Waals surface area contributed by atoms with Gasteiger partial charge in [0.2, 0.25) is 0 Å². The van der Waals surface area contributed by atoms with Crippen LogP contribution in [0.15, 0.2) is 22.7 Å². The third kappa shape index (κ3) is 4.46. The number of unbranched alkanes of at least 4 members (excludes halogenated alkanes) is 1. The lowest BCUT2D eigenvalue weighted by Gasteiger charge is -2.18. The Morgan fingerprint density at radius 1 is 1.45 bits per heavy atom. The molecule has 1 aromatic rings. The summed E-state index contributed by atoms with van der Waals surface area (Å²) in [6, 6.07) is 4.27. The first-order valence-corrected chi connectivity index (χ1v) is 8.28. The number of benzene rings is 1. The molecule has 0 fully saturated rings. The molecule has 0 spiro atoms. The minimum absolute atomic E-state index is 0.00131. The fraction of sp³-hybridized carbons (Fsp3) is 0.417. The van der Waals surface area contributed by atoms with Gasteiger partial charge in [-0.3, -0.25) is 4.72 Å². The average molecular weight is 365 g/mol. The first-order chi connectivity index (χ1) is 9.27. The summed E-state index contributed by atoms with van der Waals surface area (Å²) in [6.07, 6.45) is 1.65. The highest BCUT2D eigenvalue weighted by Crippen LogP contribution is 2.22. The zero-order valence-electron chi connectivity index (χ0n) is 11.3. The molecule has 2 N–H and O–H groups in total. The van der Waals surface area contributed by atoms with Gasteiger partial charge in [0.15, 0.2) is 0 Å². The van der Waals surface area contributed by atoms with Crippen LogP contribution in [0.3, 0.4) is 0 Å².